The highest BCUT2D eigenvalue weighted by atomic mass is 32.1. The number of ether oxygens (including phenoxy) is 1. The van der Waals surface area contributed by atoms with Crippen LogP contribution < -0.4 is 4.74 Å². The average molecular weight is 432 g/mol. The highest BCUT2D eigenvalue weighted by Crippen LogP contribution is 2.28. The van der Waals surface area contributed by atoms with Gasteiger partial charge in [-0.15, -0.1) is 11.3 Å². The molecule has 0 aliphatic carbocycles. The van der Waals surface area contributed by atoms with E-state index in [0.717, 1.165) is 30.5 Å². The molecule has 1 fully saturated rings. The molecule has 1 aromatic heterocycles. The summed E-state index contributed by atoms with van der Waals surface area (Å²) in [4.78, 5) is 19.9. The number of nitrogens with zero attached hydrogens (tertiary/aromatic N) is 3. The van der Waals surface area contributed by atoms with Crippen molar-refractivity contribution in [1.82, 2.24) is 9.88 Å². The molecule has 1 aliphatic heterocycles. The van der Waals surface area contributed by atoms with Crippen molar-refractivity contribution in [3.05, 3.63) is 70.0 Å². The van der Waals surface area contributed by atoms with Crippen LogP contribution in [0.2, 0.25) is 0 Å². The number of benzene rings is 2. The Bertz CT molecular complexity index is 1100. The fourth-order valence-corrected chi connectivity index (χ4v) is 4.77. The third-order valence-corrected chi connectivity index (χ3v) is 6.54. The van der Waals surface area contributed by atoms with Gasteiger partial charge < -0.3 is 9.64 Å². The van der Waals surface area contributed by atoms with Crippen LogP contribution in [0.25, 0.3) is 11.3 Å². The molecule has 0 bridgehead atoms. The summed E-state index contributed by atoms with van der Waals surface area (Å²) in [6, 6.07) is 17.5. The van der Waals surface area contributed by atoms with Crippen LogP contribution in [-0.4, -0.2) is 34.5 Å². The lowest BCUT2D eigenvalue weighted by Gasteiger charge is -2.38. The van der Waals surface area contributed by atoms with Gasteiger partial charge >= 0.3 is 0 Å². The van der Waals surface area contributed by atoms with E-state index in [0.29, 0.717) is 22.9 Å². The fourth-order valence-electron chi connectivity index (χ4n) is 3.99. The summed E-state index contributed by atoms with van der Waals surface area (Å²) < 4.78 is 6.14. The Morgan fingerprint density at radius 1 is 1.23 bits per heavy atom. The van der Waals surface area contributed by atoms with Gasteiger partial charge in [0.25, 0.3) is 5.91 Å². The molecule has 2 atom stereocenters. The summed E-state index contributed by atoms with van der Waals surface area (Å²) >= 11 is 1.39. The summed E-state index contributed by atoms with van der Waals surface area (Å²) in [6.45, 7) is 4.72. The van der Waals surface area contributed by atoms with E-state index in [9.17, 15) is 10.1 Å². The van der Waals surface area contributed by atoms with E-state index in [4.69, 9.17) is 4.74 Å². The molecule has 31 heavy (non-hydrogen) atoms. The van der Waals surface area contributed by atoms with Gasteiger partial charge in [-0.3, -0.25) is 4.79 Å². The van der Waals surface area contributed by atoms with Gasteiger partial charge in [0.1, 0.15) is 17.9 Å². The molecule has 0 saturated carbocycles. The van der Waals surface area contributed by atoms with Crippen LogP contribution in [0.4, 0.5) is 0 Å². The Morgan fingerprint density at radius 2 is 2.00 bits per heavy atom. The van der Waals surface area contributed by atoms with Crippen molar-refractivity contribution in [1.29, 1.82) is 5.26 Å². The second-order valence-corrected chi connectivity index (χ2v) is 8.75. The Hall–Kier alpha value is -3.17. The molecule has 0 N–H and O–H groups in total. The number of piperidine rings is 1. The Balaban J connectivity index is 1.52. The Morgan fingerprint density at radius 3 is 2.77 bits per heavy atom. The third kappa shape index (κ3) is 4.62. The maximum absolute atomic E-state index is 13.4. The summed E-state index contributed by atoms with van der Waals surface area (Å²) in [6.07, 6.45) is 2.67. The zero-order valence-corrected chi connectivity index (χ0v) is 18.6. The van der Waals surface area contributed by atoms with Gasteiger partial charge in [0, 0.05) is 17.5 Å². The second-order valence-electron chi connectivity index (χ2n) is 7.90. The zero-order chi connectivity index (χ0) is 21.8. The Kier molecular flexibility index (Phi) is 6.34. The van der Waals surface area contributed by atoms with Gasteiger partial charge in [-0.25, -0.2) is 4.98 Å². The second kappa shape index (κ2) is 9.32. The van der Waals surface area contributed by atoms with Gasteiger partial charge in [0.05, 0.1) is 17.3 Å². The minimum absolute atomic E-state index is 0.0444. The van der Waals surface area contributed by atoms with Crippen molar-refractivity contribution in [3.63, 3.8) is 0 Å². The molecule has 5 nitrogen and oxygen atoms in total. The summed E-state index contributed by atoms with van der Waals surface area (Å²) in [5.41, 5.74) is 3.54. The normalized spacial score (nSPS) is 17.1. The first-order chi connectivity index (χ1) is 15.1. The third-order valence-electron chi connectivity index (χ3n) is 5.71. The molecule has 0 spiro atoms. The molecular formula is C25H25N3O2S. The lowest BCUT2D eigenvalue weighted by atomic mass is 9.97. The van der Waals surface area contributed by atoms with Crippen LogP contribution in [0.1, 0.15) is 47.1 Å². The number of hydrogen-bond acceptors (Lipinski definition) is 5. The van der Waals surface area contributed by atoms with Crippen LogP contribution >= 0.6 is 11.3 Å². The summed E-state index contributed by atoms with van der Waals surface area (Å²) in [5, 5.41) is 11.8. The minimum Gasteiger partial charge on any atom is -0.487 e. The fraction of sp³-hybridized carbons (Fsp3) is 0.320. The minimum atomic E-state index is -0.227. The Labute approximate surface area is 186 Å². The smallest absolute Gasteiger partial charge is 0.283 e. The molecule has 1 aliphatic rings. The number of para-hydroxylation sites is 1. The van der Waals surface area contributed by atoms with Crippen molar-refractivity contribution >= 4 is 17.2 Å². The quantitative estimate of drug-likeness (QED) is 0.539. The first-order valence-electron chi connectivity index (χ1n) is 10.6. The number of nitriles is 1. The first-order valence-corrected chi connectivity index (χ1v) is 11.4. The number of aryl methyl sites for hydroxylation is 1. The van der Waals surface area contributed by atoms with Crippen LogP contribution in [0.15, 0.2) is 53.9 Å². The highest BCUT2D eigenvalue weighted by Gasteiger charge is 2.34. The van der Waals surface area contributed by atoms with Gasteiger partial charge in [0.15, 0.2) is 5.01 Å². The topological polar surface area (TPSA) is 66.2 Å². The molecule has 3 aromatic rings. The van der Waals surface area contributed by atoms with Gasteiger partial charge in [-0.05, 0) is 45.2 Å². The lowest BCUT2D eigenvalue weighted by Crippen LogP contribution is -2.50. The molecule has 6 heteroatoms. The largest absolute Gasteiger partial charge is 0.487 e. The first kappa shape index (κ1) is 21.1. The molecule has 158 valence electrons. The maximum atomic E-state index is 13.4. The molecule has 2 heterocycles. The molecule has 1 saturated heterocycles. The van der Waals surface area contributed by atoms with Crippen LogP contribution in [0.3, 0.4) is 0 Å². The van der Waals surface area contributed by atoms with E-state index in [1.165, 1.54) is 16.9 Å². The van der Waals surface area contributed by atoms with Gasteiger partial charge in [-0.2, -0.15) is 5.26 Å². The van der Waals surface area contributed by atoms with Crippen LogP contribution in [-0.2, 0) is 0 Å². The number of carbonyl (C=O) groups is 1. The van der Waals surface area contributed by atoms with Crippen molar-refractivity contribution in [2.45, 2.75) is 45.3 Å². The highest BCUT2D eigenvalue weighted by molar-refractivity contribution is 7.12. The predicted molar refractivity (Wildman–Crippen MR) is 122 cm³/mol. The number of thiazole rings is 1. The number of amides is 1. The molecular weight excluding hydrogens is 406 g/mol. The predicted octanol–water partition coefficient (Wildman–Crippen LogP) is 5.45. The van der Waals surface area contributed by atoms with E-state index in [1.807, 2.05) is 41.5 Å². The molecule has 1 amide bonds. The van der Waals surface area contributed by atoms with Gasteiger partial charge in [0.2, 0.25) is 0 Å². The standard InChI is InChI=1S/C25H25N3O2S/c1-17-10-12-19(13-11-17)21-16-31-24(27-21)25(29)28-14-6-5-8-22(28)18(2)30-23-9-4-3-7-20(23)15-26/h3-4,7,9-13,16,18,22H,5-6,8,14H2,1-2H3. The number of aromatic nitrogens is 1. The van der Waals surface area contributed by atoms with Crippen molar-refractivity contribution in [2.75, 3.05) is 6.54 Å². The van der Waals surface area contributed by atoms with E-state index in [1.54, 1.807) is 12.1 Å². The van der Waals surface area contributed by atoms with E-state index < -0.39 is 0 Å². The number of rotatable bonds is 5. The van der Waals surface area contributed by atoms with Crippen molar-refractivity contribution < 1.29 is 9.53 Å². The van der Waals surface area contributed by atoms with Crippen molar-refractivity contribution in [2.24, 2.45) is 0 Å². The van der Waals surface area contributed by atoms with E-state index in [-0.39, 0.29) is 18.1 Å². The van der Waals surface area contributed by atoms with Crippen LogP contribution in [0, 0.1) is 18.3 Å². The number of carbonyl (C=O) groups excluding carboxylic acids is 1. The average Bonchev–Trinajstić information content (AvgIpc) is 3.29. The monoisotopic (exact) mass is 431 g/mol. The molecule has 4 rings (SSSR count). The molecule has 0 radical (unpaired) electrons. The molecule has 2 aromatic carbocycles. The SMILES string of the molecule is Cc1ccc(-c2csc(C(=O)N3CCCCC3C(C)Oc3ccccc3C#N)n2)cc1. The van der Waals surface area contributed by atoms with Crippen molar-refractivity contribution in [3.8, 4) is 23.1 Å². The van der Waals surface area contributed by atoms with Gasteiger partial charge in [-0.1, -0.05) is 42.0 Å². The zero-order valence-electron chi connectivity index (χ0n) is 17.7. The van der Waals surface area contributed by atoms with E-state index in [2.05, 4.69) is 30.1 Å². The number of hydrogen-bond donors (Lipinski definition) is 0. The van der Waals surface area contributed by atoms with Crippen LogP contribution in [0.5, 0.6) is 5.75 Å². The maximum Gasteiger partial charge on any atom is 0.283 e. The summed E-state index contributed by atoms with van der Waals surface area (Å²) in [7, 11) is 0. The lowest BCUT2D eigenvalue weighted by molar-refractivity contribution is 0.0353. The summed E-state index contributed by atoms with van der Waals surface area (Å²) in [5.74, 6) is 0.517. The number of likely N-dealkylation sites (tertiary alicyclic amines) is 1. The molecule has 2 unspecified atom stereocenters. The van der Waals surface area contributed by atoms with E-state index >= 15 is 0 Å².